The Morgan fingerprint density at radius 1 is 1.62 bits per heavy atom. The van der Waals surface area contributed by atoms with E-state index in [9.17, 15) is 9.70 Å². The molecule has 0 aromatic heterocycles. The van der Waals surface area contributed by atoms with E-state index in [0.29, 0.717) is 0 Å². The van der Waals surface area contributed by atoms with Gasteiger partial charge in [0.2, 0.25) is 5.76 Å². The Morgan fingerprint density at radius 2 is 2.23 bits per heavy atom. The largest absolute Gasteiger partial charge is 0.500 e. The molecule has 2 atom stereocenters. The molecule has 7 nitrogen and oxygen atoms in total. The highest BCUT2D eigenvalue weighted by atomic mass is 16.6. The average Bonchev–Trinajstić information content (AvgIpc) is 2.42. The van der Waals surface area contributed by atoms with Crippen LogP contribution in [0.15, 0.2) is 16.6 Å². The van der Waals surface area contributed by atoms with Crippen LogP contribution >= 0.6 is 0 Å². The maximum absolute atomic E-state index is 10.7. The highest BCUT2D eigenvalue weighted by Crippen LogP contribution is 2.24. The van der Waals surface area contributed by atoms with Gasteiger partial charge in [0.1, 0.15) is 6.10 Å². The maximum atomic E-state index is 10.7. The van der Waals surface area contributed by atoms with E-state index in [0.717, 1.165) is 0 Å². The van der Waals surface area contributed by atoms with Crippen LogP contribution in [-0.2, 0) is 9.53 Å². The van der Waals surface area contributed by atoms with Crippen LogP contribution in [0, 0.1) is 4.91 Å². The molecule has 0 aromatic rings. The summed E-state index contributed by atoms with van der Waals surface area (Å²) in [6, 6.07) is 0. The number of hydrogen-bond donors (Lipinski definition) is 3. The molecule has 1 rings (SSSR count). The van der Waals surface area contributed by atoms with E-state index in [4.69, 9.17) is 15.3 Å². The lowest BCUT2D eigenvalue weighted by molar-refractivity contribution is -0.147. The van der Waals surface area contributed by atoms with Crippen molar-refractivity contribution in [2.24, 2.45) is 5.18 Å². The van der Waals surface area contributed by atoms with E-state index in [1.54, 1.807) is 0 Å². The lowest BCUT2D eigenvalue weighted by Gasteiger charge is -2.13. The summed E-state index contributed by atoms with van der Waals surface area (Å²) < 4.78 is 4.36. The fourth-order valence-corrected chi connectivity index (χ4v) is 0.918. The molecule has 0 amide bonds. The molecule has 0 aromatic carbocycles. The fraction of sp³-hybridized carbons (Fsp3) is 0.500. The van der Waals surface area contributed by atoms with Gasteiger partial charge in [-0.1, -0.05) is 0 Å². The van der Waals surface area contributed by atoms with Gasteiger partial charge in [0.05, 0.1) is 6.61 Å². The van der Waals surface area contributed by atoms with E-state index in [1.165, 1.54) is 0 Å². The molecule has 0 fully saturated rings. The Balaban J connectivity index is 2.92. The van der Waals surface area contributed by atoms with E-state index >= 15 is 0 Å². The molecule has 7 heteroatoms. The van der Waals surface area contributed by atoms with Crippen LogP contribution in [0.1, 0.15) is 0 Å². The first-order chi connectivity index (χ1) is 6.11. The smallest absolute Gasteiger partial charge is 0.376 e. The number of carbonyl (C=O) groups excluding carboxylic acids is 1. The Labute approximate surface area is 72.2 Å². The molecule has 13 heavy (non-hydrogen) atoms. The predicted molar refractivity (Wildman–Crippen MR) is 38.4 cm³/mol. The first-order valence-corrected chi connectivity index (χ1v) is 3.38. The molecule has 1 aliphatic heterocycles. The van der Waals surface area contributed by atoms with E-state index < -0.39 is 36.2 Å². The minimum atomic E-state index is -1.46. The fourth-order valence-electron chi connectivity index (χ4n) is 0.918. The summed E-state index contributed by atoms with van der Waals surface area (Å²) in [5.41, 5.74) is -0.591. The van der Waals surface area contributed by atoms with Crippen molar-refractivity contribution in [3.8, 4) is 0 Å². The van der Waals surface area contributed by atoms with Crippen molar-refractivity contribution in [2.45, 2.75) is 12.2 Å². The minimum Gasteiger partial charge on any atom is -0.500 e. The van der Waals surface area contributed by atoms with Crippen molar-refractivity contribution < 1.29 is 24.9 Å². The molecule has 0 radical (unpaired) electrons. The third kappa shape index (κ3) is 1.51. The van der Waals surface area contributed by atoms with Gasteiger partial charge < -0.3 is 20.1 Å². The lowest BCUT2D eigenvalue weighted by atomic mass is 10.1. The van der Waals surface area contributed by atoms with Crippen LogP contribution in [0.25, 0.3) is 0 Å². The molecular formula is C6H7NO6. The van der Waals surface area contributed by atoms with Crippen molar-refractivity contribution in [1.82, 2.24) is 0 Å². The summed E-state index contributed by atoms with van der Waals surface area (Å²) in [5, 5.41) is 28.7. The van der Waals surface area contributed by atoms with Gasteiger partial charge >= 0.3 is 5.97 Å². The van der Waals surface area contributed by atoms with Crippen LogP contribution in [0.3, 0.4) is 0 Å². The van der Waals surface area contributed by atoms with Crippen LogP contribution in [-0.4, -0.2) is 40.1 Å². The molecule has 0 spiro atoms. The Hall–Kier alpha value is -1.47. The monoisotopic (exact) mass is 189 g/mol. The highest BCUT2D eigenvalue weighted by Gasteiger charge is 2.39. The number of hydrogen-bond acceptors (Lipinski definition) is 7. The second-order valence-electron chi connectivity index (χ2n) is 2.40. The number of esters is 1. The van der Waals surface area contributed by atoms with Gasteiger partial charge in [0.15, 0.2) is 11.8 Å². The molecule has 0 bridgehead atoms. The first-order valence-electron chi connectivity index (χ1n) is 3.38. The molecular weight excluding hydrogens is 182 g/mol. The number of nitroso groups, excluding NO2 is 1. The summed E-state index contributed by atoms with van der Waals surface area (Å²) in [6.07, 6.45) is -2.84. The number of nitrogens with zero attached hydrogens (tertiary/aromatic N) is 1. The van der Waals surface area contributed by atoms with Gasteiger partial charge in [0, 0.05) is 0 Å². The third-order valence-electron chi connectivity index (χ3n) is 1.57. The average molecular weight is 189 g/mol. The Kier molecular flexibility index (Phi) is 2.59. The van der Waals surface area contributed by atoms with Gasteiger partial charge in [0.25, 0.3) is 0 Å². The van der Waals surface area contributed by atoms with Gasteiger partial charge in [-0.3, -0.25) is 0 Å². The van der Waals surface area contributed by atoms with E-state index in [1.807, 2.05) is 0 Å². The third-order valence-corrected chi connectivity index (χ3v) is 1.57. The second-order valence-corrected chi connectivity index (χ2v) is 2.40. The summed E-state index contributed by atoms with van der Waals surface area (Å²) in [6.45, 7) is -0.704. The van der Waals surface area contributed by atoms with Crippen LogP contribution in [0.5, 0.6) is 0 Å². The summed E-state index contributed by atoms with van der Waals surface area (Å²) in [7, 11) is 0. The molecule has 0 aliphatic carbocycles. The normalized spacial score (nSPS) is 24.5. The van der Waals surface area contributed by atoms with Crippen LogP contribution in [0.4, 0.5) is 0 Å². The number of ether oxygens (including phenoxy) is 1. The van der Waals surface area contributed by atoms with Crippen molar-refractivity contribution in [3.63, 3.8) is 0 Å². The lowest BCUT2D eigenvalue weighted by Crippen LogP contribution is -2.31. The van der Waals surface area contributed by atoms with Crippen molar-refractivity contribution in [3.05, 3.63) is 16.4 Å². The molecule has 1 aliphatic rings. The second kappa shape index (κ2) is 3.50. The highest BCUT2D eigenvalue weighted by molar-refractivity contribution is 5.89. The maximum Gasteiger partial charge on any atom is 0.376 e. The molecule has 72 valence electrons. The summed E-state index contributed by atoms with van der Waals surface area (Å²) in [4.78, 5) is 20.8. The predicted octanol–water partition coefficient (Wildman–Crippen LogP) is -1.20. The quantitative estimate of drug-likeness (QED) is 0.379. The zero-order chi connectivity index (χ0) is 10.0. The molecule has 0 saturated heterocycles. The summed E-state index contributed by atoms with van der Waals surface area (Å²) in [5.74, 6) is -2.06. The van der Waals surface area contributed by atoms with Crippen molar-refractivity contribution in [2.75, 3.05) is 6.61 Å². The van der Waals surface area contributed by atoms with Crippen molar-refractivity contribution >= 4 is 5.97 Å². The topological polar surface area (TPSA) is 116 Å². The van der Waals surface area contributed by atoms with Crippen LogP contribution < -0.4 is 0 Å². The first kappa shape index (κ1) is 9.62. The van der Waals surface area contributed by atoms with Crippen LogP contribution in [0.2, 0.25) is 0 Å². The number of rotatable bonds is 3. The van der Waals surface area contributed by atoms with Gasteiger partial charge in [-0.2, -0.15) is 0 Å². The van der Waals surface area contributed by atoms with Gasteiger partial charge in [-0.15, -0.1) is 4.91 Å². The Bertz CT molecular complexity index is 272. The summed E-state index contributed by atoms with van der Waals surface area (Å²) >= 11 is 0. The van der Waals surface area contributed by atoms with E-state index in [2.05, 4.69) is 9.91 Å². The van der Waals surface area contributed by atoms with Crippen molar-refractivity contribution in [1.29, 1.82) is 0 Å². The number of cyclic esters (lactones) is 1. The SMILES string of the molecule is O=NC1=C(O)C(=O)O[C@@H]1C(O)CO. The van der Waals surface area contributed by atoms with E-state index in [-0.39, 0.29) is 0 Å². The van der Waals surface area contributed by atoms with Gasteiger partial charge in [-0.25, -0.2) is 4.79 Å². The molecule has 3 N–H and O–H groups in total. The number of carbonyl (C=O) groups is 1. The standard InChI is InChI=1S/C6H7NO6/c8-1-2(9)5-3(7-12)4(10)6(11)13-5/h2,5,8-10H,1H2/t2?,5-/m1/s1. The van der Waals surface area contributed by atoms with Gasteiger partial charge in [-0.05, 0) is 5.18 Å². The number of aliphatic hydroxyl groups is 3. The molecule has 1 unspecified atom stereocenters. The molecule has 0 saturated carbocycles. The zero-order valence-electron chi connectivity index (χ0n) is 6.38. The molecule has 1 heterocycles. The Morgan fingerprint density at radius 3 is 2.69 bits per heavy atom. The minimum absolute atomic E-state index is 0.591. The number of aliphatic hydroxyl groups excluding tert-OH is 3. The zero-order valence-corrected chi connectivity index (χ0v) is 6.38.